The van der Waals surface area contributed by atoms with Gasteiger partial charge in [-0.15, -0.1) is 17.9 Å². The van der Waals surface area contributed by atoms with Crippen LogP contribution in [-0.2, 0) is 0 Å². The lowest BCUT2D eigenvalue weighted by molar-refractivity contribution is 0.0952. The van der Waals surface area contributed by atoms with Crippen molar-refractivity contribution in [2.24, 2.45) is 0 Å². The number of fused-ring (bicyclic) bond motifs is 1. The molecule has 0 spiro atoms. The standard InChI is InChI=1S/C13H13ClN2OS/c1-3-7(2)16-13(17)12-11(15)10-8(14)5-4-6-9(10)18-12/h3-7H,1,15H2,2H3,(H,16,17). The molecule has 1 heterocycles. The molecule has 18 heavy (non-hydrogen) atoms. The molecule has 1 unspecified atom stereocenters. The maximum Gasteiger partial charge on any atom is 0.263 e. The topological polar surface area (TPSA) is 55.1 Å². The van der Waals surface area contributed by atoms with Crippen LogP contribution in [0, 0.1) is 0 Å². The van der Waals surface area contributed by atoms with E-state index < -0.39 is 0 Å². The van der Waals surface area contributed by atoms with Crippen molar-refractivity contribution < 1.29 is 4.79 Å². The van der Waals surface area contributed by atoms with Gasteiger partial charge < -0.3 is 11.1 Å². The number of nitrogens with two attached hydrogens (primary N) is 1. The zero-order valence-electron chi connectivity index (χ0n) is 9.87. The summed E-state index contributed by atoms with van der Waals surface area (Å²) in [6.07, 6.45) is 1.66. The first-order valence-electron chi connectivity index (χ1n) is 5.44. The van der Waals surface area contributed by atoms with Gasteiger partial charge in [0.15, 0.2) is 0 Å². The fourth-order valence-electron chi connectivity index (χ4n) is 1.63. The first-order valence-corrected chi connectivity index (χ1v) is 6.64. The number of thiophene rings is 1. The molecular weight excluding hydrogens is 268 g/mol. The smallest absolute Gasteiger partial charge is 0.263 e. The third-order valence-corrected chi connectivity index (χ3v) is 4.10. The number of nitrogens with one attached hydrogen (secondary N) is 1. The normalized spacial score (nSPS) is 12.3. The number of hydrogen-bond donors (Lipinski definition) is 2. The van der Waals surface area contributed by atoms with Crippen LogP contribution < -0.4 is 11.1 Å². The van der Waals surface area contributed by atoms with Crippen molar-refractivity contribution in [3.63, 3.8) is 0 Å². The van der Waals surface area contributed by atoms with Crippen molar-refractivity contribution in [2.45, 2.75) is 13.0 Å². The van der Waals surface area contributed by atoms with Gasteiger partial charge in [-0.2, -0.15) is 0 Å². The maximum absolute atomic E-state index is 12.0. The number of benzene rings is 1. The highest BCUT2D eigenvalue weighted by atomic mass is 35.5. The number of hydrogen-bond acceptors (Lipinski definition) is 3. The summed E-state index contributed by atoms with van der Waals surface area (Å²) in [4.78, 5) is 12.5. The minimum atomic E-state index is -0.197. The third-order valence-electron chi connectivity index (χ3n) is 2.62. The Labute approximate surface area is 114 Å². The van der Waals surface area contributed by atoms with E-state index in [1.165, 1.54) is 11.3 Å². The van der Waals surface area contributed by atoms with Gasteiger partial charge in [0.2, 0.25) is 0 Å². The Morgan fingerprint density at radius 1 is 1.61 bits per heavy atom. The van der Waals surface area contributed by atoms with Crippen LogP contribution in [-0.4, -0.2) is 11.9 Å². The van der Waals surface area contributed by atoms with E-state index in [0.717, 1.165) is 10.1 Å². The van der Waals surface area contributed by atoms with Crippen molar-refractivity contribution in [2.75, 3.05) is 5.73 Å². The molecule has 3 N–H and O–H groups in total. The molecule has 1 atom stereocenters. The van der Waals surface area contributed by atoms with E-state index in [2.05, 4.69) is 11.9 Å². The summed E-state index contributed by atoms with van der Waals surface area (Å²) in [7, 11) is 0. The number of anilines is 1. The molecule has 1 amide bonds. The zero-order valence-corrected chi connectivity index (χ0v) is 11.4. The van der Waals surface area contributed by atoms with E-state index in [-0.39, 0.29) is 11.9 Å². The third kappa shape index (κ3) is 2.21. The molecule has 5 heteroatoms. The molecule has 1 aromatic carbocycles. The SMILES string of the molecule is C=CC(C)NC(=O)c1sc2cccc(Cl)c2c1N. The molecule has 94 valence electrons. The fraction of sp³-hybridized carbons (Fsp3) is 0.154. The predicted molar refractivity (Wildman–Crippen MR) is 78.4 cm³/mol. The Balaban J connectivity index is 2.46. The van der Waals surface area contributed by atoms with Crippen molar-refractivity contribution in [3.05, 3.63) is 40.8 Å². The fourth-order valence-corrected chi connectivity index (χ4v) is 3.01. The van der Waals surface area contributed by atoms with Crippen molar-refractivity contribution in [3.8, 4) is 0 Å². The molecule has 0 bridgehead atoms. The lowest BCUT2D eigenvalue weighted by atomic mass is 10.2. The summed E-state index contributed by atoms with van der Waals surface area (Å²) in [5.41, 5.74) is 6.44. The summed E-state index contributed by atoms with van der Waals surface area (Å²) in [6, 6.07) is 5.41. The molecule has 0 aliphatic heterocycles. The first kappa shape index (κ1) is 12.9. The van der Waals surface area contributed by atoms with E-state index in [1.54, 1.807) is 12.1 Å². The van der Waals surface area contributed by atoms with Crippen LogP contribution in [0.3, 0.4) is 0 Å². The Kier molecular flexibility index (Phi) is 3.59. The van der Waals surface area contributed by atoms with Crippen LogP contribution in [0.2, 0.25) is 5.02 Å². The largest absolute Gasteiger partial charge is 0.397 e. The average Bonchev–Trinajstić information content (AvgIpc) is 2.68. The summed E-state index contributed by atoms with van der Waals surface area (Å²) in [5.74, 6) is -0.197. The van der Waals surface area contributed by atoms with Crippen LogP contribution in [0.15, 0.2) is 30.9 Å². The number of carbonyl (C=O) groups excluding carboxylic acids is 1. The van der Waals surface area contributed by atoms with Gasteiger partial charge in [-0.3, -0.25) is 4.79 Å². The van der Waals surface area contributed by atoms with Gasteiger partial charge in [-0.1, -0.05) is 23.7 Å². The minimum absolute atomic E-state index is 0.0995. The van der Waals surface area contributed by atoms with Gasteiger partial charge in [-0.25, -0.2) is 0 Å². The molecule has 3 nitrogen and oxygen atoms in total. The summed E-state index contributed by atoms with van der Waals surface area (Å²) in [5, 5.41) is 4.11. The van der Waals surface area contributed by atoms with E-state index in [1.807, 2.05) is 19.1 Å². The van der Waals surface area contributed by atoms with Crippen molar-refractivity contribution in [1.29, 1.82) is 0 Å². The maximum atomic E-state index is 12.0. The monoisotopic (exact) mass is 280 g/mol. The second-order valence-corrected chi connectivity index (χ2v) is 5.42. The van der Waals surface area contributed by atoms with E-state index in [0.29, 0.717) is 15.6 Å². The quantitative estimate of drug-likeness (QED) is 0.846. The Morgan fingerprint density at radius 3 is 2.94 bits per heavy atom. The summed E-state index contributed by atoms with van der Waals surface area (Å²) < 4.78 is 0.913. The lowest BCUT2D eigenvalue weighted by Crippen LogP contribution is -2.30. The highest BCUT2D eigenvalue weighted by Gasteiger charge is 2.18. The van der Waals surface area contributed by atoms with E-state index >= 15 is 0 Å². The molecule has 0 saturated carbocycles. The highest BCUT2D eigenvalue weighted by molar-refractivity contribution is 7.21. The summed E-state index contributed by atoms with van der Waals surface area (Å²) in [6.45, 7) is 5.47. The molecule has 0 saturated heterocycles. The Morgan fingerprint density at radius 2 is 2.33 bits per heavy atom. The molecule has 1 aromatic heterocycles. The van der Waals surface area contributed by atoms with Crippen LogP contribution in [0.1, 0.15) is 16.6 Å². The molecule has 2 aromatic rings. The molecule has 0 radical (unpaired) electrons. The summed E-state index contributed by atoms with van der Waals surface area (Å²) >= 11 is 7.43. The molecule has 0 aliphatic carbocycles. The number of nitrogen functional groups attached to an aromatic ring is 1. The highest BCUT2D eigenvalue weighted by Crippen LogP contribution is 2.37. The molecule has 0 aliphatic rings. The zero-order chi connectivity index (χ0) is 13.3. The van der Waals surface area contributed by atoms with Gasteiger partial charge in [0.25, 0.3) is 5.91 Å². The lowest BCUT2D eigenvalue weighted by Gasteiger charge is -2.08. The predicted octanol–water partition coefficient (Wildman–Crippen LogP) is 3.44. The first-order chi connectivity index (χ1) is 8.54. The number of carbonyl (C=O) groups is 1. The number of amides is 1. The van der Waals surface area contributed by atoms with Crippen molar-refractivity contribution in [1.82, 2.24) is 5.32 Å². The van der Waals surface area contributed by atoms with Crippen LogP contribution >= 0.6 is 22.9 Å². The van der Waals surface area contributed by atoms with Gasteiger partial charge in [0, 0.05) is 16.1 Å². The minimum Gasteiger partial charge on any atom is -0.397 e. The second kappa shape index (κ2) is 5.00. The van der Waals surface area contributed by atoms with Crippen LogP contribution in [0.5, 0.6) is 0 Å². The van der Waals surface area contributed by atoms with Crippen molar-refractivity contribution >= 4 is 44.6 Å². The molecule has 2 rings (SSSR count). The van der Waals surface area contributed by atoms with Gasteiger partial charge >= 0.3 is 0 Å². The Bertz CT molecular complexity index is 621. The van der Waals surface area contributed by atoms with Gasteiger partial charge in [0.05, 0.1) is 10.7 Å². The number of rotatable bonds is 3. The molecular formula is C13H13ClN2OS. The van der Waals surface area contributed by atoms with Gasteiger partial charge in [-0.05, 0) is 19.1 Å². The molecule has 0 fully saturated rings. The van der Waals surface area contributed by atoms with Gasteiger partial charge in [0.1, 0.15) is 4.88 Å². The Hall–Kier alpha value is -1.52. The average molecular weight is 281 g/mol. The van der Waals surface area contributed by atoms with E-state index in [4.69, 9.17) is 17.3 Å². The van der Waals surface area contributed by atoms with E-state index in [9.17, 15) is 4.79 Å². The number of halogens is 1. The second-order valence-electron chi connectivity index (χ2n) is 3.96. The van der Waals surface area contributed by atoms with Crippen LogP contribution in [0.4, 0.5) is 5.69 Å². The van der Waals surface area contributed by atoms with Crippen LogP contribution in [0.25, 0.3) is 10.1 Å².